The monoisotopic (exact) mass is 437 g/mol. The van der Waals surface area contributed by atoms with Crippen LogP contribution in [0.1, 0.15) is 74.3 Å². The maximum atomic E-state index is 13.3. The summed E-state index contributed by atoms with van der Waals surface area (Å²) in [5.41, 5.74) is 9.79. The molecule has 1 aromatic carbocycles. The maximum absolute atomic E-state index is 13.3. The molecule has 0 saturated heterocycles. The zero-order chi connectivity index (χ0) is 22.7. The van der Waals surface area contributed by atoms with E-state index in [1.165, 1.54) is 12.1 Å². The van der Waals surface area contributed by atoms with E-state index in [4.69, 9.17) is 5.73 Å². The fourth-order valence-electron chi connectivity index (χ4n) is 4.48. The molecule has 1 atom stereocenters. The van der Waals surface area contributed by atoms with Gasteiger partial charge in [0.1, 0.15) is 11.5 Å². The molecule has 5 N–H and O–H groups in total. The van der Waals surface area contributed by atoms with Crippen molar-refractivity contribution in [3.8, 4) is 0 Å². The Morgan fingerprint density at radius 3 is 2.66 bits per heavy atom. The Labute approximate surface area is 188 Å². The standard InChI is InChI=1S/C25H32FN5O/c1-3-4-15(2)22-13-20-23(29-18-11-7-17(27)8-12-18)21(14-28-24(20)31-22)25(32)30-19-9-5-16(26)6-10-19/h5-6,9-10,13-15,17-18H,3-4,7-8,11-12,27H2,1-2H3,(H,30,32)(H2,28,29,31)/t15-,17?,18?/m0/s1. The number of nitrogens with one attached hydrogen (secondary N) is 3. The van der Waals surface area contributed by atoms with E-state index >= 15 is 0 Å². The molecule has 1 saturated carbocycles. The Morgan fingerprint density at radius 1 is 1.25 bits per heavy atom. The molecule has 1 amide bonds. The summed E-state index contributed by atoms with van der Waals surface area (Å²) in [6, 6.07) is 8.38. The van der Waals surface area contributed by atoms with Crippen LogP contribution in [0, 0.1) is 5.82 Å². The number of halogens is 1. The first-order valence-electron chi connectivity index (χ1n) is 11.5. The number of rotatable bonds is 7. The predicted molar refractivity (Wildman–Crippen MR) is 128 cm³/mol. The maximum Gasteiger partial charge on any atom is 0.259 e. The molecule has 1 fully saturated rings. The lowest BCUT2D eigenvalue weighted by Gasteiger charge is -2.28. The number of hydrogen-bond donors (Lipinski definition) is 4. The van der Waals surface area contributed by atoms with E-state index in [0.29, 0.717) is 17.2 Å². The van der Waals surface area contributed by atoms with Crippen LogP contribution in [-0.4, -0.2) is 28.0 Å². The van der Waals surface area contributed by atoms with Crippen molar-refractivity contribution in [1.29, 1.82) is 0 Å². The third-order valence-corrected chi connectivity index (χ3v) is 6.40. The van der Waals surface area contributed by atoms with E-state index < -0.39 is 0 Å². The van der Waals surface area contributed by atoms with Crippen LogP contribution < -0.4 is 16.4 Å². The number of nitrogens with two attached hydrogens (primary N) is 1. The summed E-state index contributed by atoms with van der Waals surface area (Å²) >= 11 is 0. The number of benzene rings is 1. The zero-order valence-corrected chi connectivity index (χ0v) is 18.7. The van der Waals surface area contributed by atoms with Gasteiger partial charge in [-0.05, 0) is 68.4 Å². The minimum absolute atomic E-state index is 0.250. The number of fused-ring (bicyclic) bond motifs is 1. The van der Waals surface area contributed by atoms with Gasteiger partial charge in [-0.2, -0.15) is 0 Å². The van der Waals surface area contributed by atoms with Crippen LogP contribution >= 0.6 is 0 Å². The second kappa shape index (κ2) is 9.69. The number of aromatic nitrogens is 2. The number of anilines is 2. The summed E-state index contributed by atoms with van der Waals surface area (Å²) in [5, 5.41) is 7.43. The molecule has 170 valence electrons. The number of amides is 1. The molecular formula is C25H32FN5O. The van der Waals surface area contributed by atoms with Crippen molar-refractivity contribution in [2.45, 2.75) is 70.4 Å². The Kier molecular flexibility index (Phi) is 6.74. The fraction of sp³-hybridized carbons (Fsp3) is 0.440. The van der Waals surface area contributed by atoms with E-state index in [2.05, 4.69) is 40.5 Å². The summed E-state index contributed by atoms with van der Waals surface area (Å²) in [7, 11) is 0. The van der Waals surface area contributed by atoms with E-state index in [1.807, 2.05) is 0 Å². The number of carbonyl (C=O) groups is 1. The van der Waals surface area contributed by atoms with Gasteiger partial charge in [0.05, 0.1) is 11.3 Å². The highest BCUT2D eigenvalue weighted by atomic mass is 19.1. The highest BCUT2D eigenvalue weighted by Crippen LogP contribution is 2.33. The van der Waals surface area contributed by atoms with Crippen LogP contribution in [0.4, 0.5) is 15.8 Å². The van der Waals surface area contributed by atoms with Crippen molar-refractivity contribution in [3.63, 3.8) is 0 Å². The molecule has 0 unspecified atom stereocenters. The van der Waals surface area contributed by atoms with Crippen LogP contribution in [0.25, 0.3) is 11.0 Å². The first kappa shape index (κ1) is 22.3. The third kappa shape index (κ3) is 4.93. The van der Waals surface area contributed by atoms with Gasteiger partial charge >= 0.3 is 0 Å². The summed E-state index contributed by atoms with van der Waals surface area (Å²) in [6.07, 6.45) is 7.66. The van der Waals surface area contributed by atoms with Crippen LogP contribution in [0.5, 0.6) is 0 Å². The molecule has 1 aliphatic rings. The average molecular weight is 438 g/mol. The number of aromatic amines is 1. The summed E-state index contributed by atoms with van der Waals surface area (Å²) < 4.78 is 13.3. The fourth-order valence-corrected chi connectivity index (χ4v) is 4.48. The van der Waals surface area contributed by atoms with Gasteiger partial charge in [0.25, 0.3) is 5.91 Å². The molecule has 0 aliphatic heterocycles. The van der Waals surface area contributed by atoms with Crippen LogP contribution in [0.3, 0.4) is 0 Å². The van der Waals surface area contributed by atoms with E-state index in [0.717, 1.165) is 60.9 Å². The van der Waals surface area contributed by atoms with Gasteiger partial charge in [0.2, 0.25) is 0 Å². The molecular weight excluding hydrogens is 405 g/mol. The normalized spacial score (nSPS) is 19.6. The van der Waals surface area contributed by atoms with Crippen LogP contribution in [0.15, 0.2) is 36.5 Å². The molecule has 6 nitrogen and oxygen atoms in total. The lowest BCUT2D eigenvalue weighted by molar-refractivity contribution is 0.102. The van der Waals surface area contributed by atoms with Gasteiger partial charge in [0.15, 0.2) is 0 Å². The Balaban J connectivity index is 1.69. The summed E-state index contributed by atoms with van der Waals surface area (Å²) in [5.74, 6) is -0.235. The van der Waals surface area contributed by atoms with Gasteiger partial charge in [-0.15, -0.1) is 0 Å². The number of hydrogen-bond acceptors (Lipinski definition) is 4. The molecule has 32 heavy (non-hydrogen) atoms. The smallest absolute Gasteiger partial charge is 0.259 e. The third-order valence-electron chi connectivity index (χ3n) is 6.40. The van der Waals surface area contributed by atoms with Crippen molar-refractivity contribution in [2.24, 2.45) is 5.73 Å². The van der Waals surface area contributed by atoms with E-state index in [9.17, 15) is 9.18 Å². The zero-order valence-electron chi connectivity index (χ0n) is 18.7. The molecule has 2 aromatic heterocycles. The van der Waals surface area contributed by atoms with Crippen molar-refractivity contribution in [3.05, 3.63) is 53.6 Å². The van der Waals surface area contributed by atoms with Crippen molar-refractivity contribution in [2.75, 3.05) is 10.6 Å². The molecule has 7 heteroatoms. The molecule has 0 radical (unpaired) electrons. The molecule has 0 spiro atoms. The van der Waals surface area contributed by atoms with Crippen LogP contribution in [0.2, 0.25) is 0 Å². The molecule has 3 aromatic rings. The largest absolute Gasteiger partial charge is 0.381 e. The molecule has 4 rings (SSSR count). The van der Waals surface area contributed by atoms with Crippen molar-refractivity contribution in [1.82, 2.24) is 9.97 Å². The highest BCUT2D eigenvalue weighted by Gasteiger charge is 2.24. The second-order valence-electron chi connectivity index (χ2n) is 8.94. The highest BCUT2D eigenvalue weighted by molar-refractivity contribution is 6.12. The molecule has 2 heterocycles. The number of carbonyl (C=O) groups excluding carboxylic acids is 1. The summed E-state index contributed by atoms with van der Waals surface area (Å²) in [6.45, 7) is 4.38. The minimum Gasteiger partial charge on any atom is -0.381 e. The Bertz CT molecular complexity index is 1070. The average Bonchev–Trinajstić information content (AvgIpc) is 3.22. The quantitative estimate of drug-likeness (QED) is 0.390. The molecule has 1 aliphatic carbocycles. The first-order valence-corrected chi connectivity index (χ1v) is 11.5. The van der Waals surface area contributed by atoms with E-state index in [-0.39, 0.29) is 23.8 Å². The lowest BCUT2D eigenvalue weighted by Crippen LogP contribution is -2.33. The van der Waals surface area contributed by atoms with Gasteiger partial charge < -0.3 is 21.4 Å². The SMILES string of the molecule is CCC[C@H](C)c1cc2c(NC3CCC(N)CC3)c(C(=O)Nc3ccc(F)cc3)cnc2[nH]1. The van der Waals surface area contributed by atoms with Gasteiger partial charge in [-0.3, -0.25) is 4.79 Å². The van der Waals surface area contributed by atoms with Crippen molar-refractivity contribution >= 4 is 28.3 Å². The van der Waals surface area contributed by atoms with Gasteiger partial charge in [0, 0.05) is 35.0 Å². The van der Waals surface area contributed by atoms with Crippen LogP contribution in [-0.2, 0) is 0 Å². The van der Waals surface area contributed by atoms with E-state index in [1.54, 1.807) is 18.3 Å². The van der Waals surface area contributed by atoms with Gasteiger partial charge in [-0.25, -0.2) is 9.37 Å². The summed E-state index contributed by atoms with van der Waals surface area (Å²) in [4.78, 5) is 21.2. The van der Waals surface area contributed by atoms with Crippen molar-refractivity contribution < 1.29 is 9.18 Å². The lowest BCUT2D eigenvalue weighted by atomic mass is 9.91. The van der Waals surface area contributed by atoms with Gasteiger partial charge in [-0.1, -0.05) is 20.3 Å². The number of pyridine rings is 1. The number of nitrogens with zero attached hydrogens (tertiary/aromatic N) is 1. The Hall–Kier alpha value is -2.93. The minimum atomic E-state index is -0.343. The Morgan fingerprint density at radius 2 is 1.97 bits per heavy atom. The second-order valence-corrected chi connectivity index (χ2v) is 8.94. The number of H-pyrrole nitrogens is 1. The topological polar surface area (TPSA) is 95.8 Å². The molecule has 0 bridgehead atoms. The first-order chi connectivity index (χ1) is 15.4. The predicted octanol–water partition coefficient (Wildman–Crippen LogP) is 5.54.